The molecule has 0 amide bonds. The molecule has 0 saturated heterocycles. The summed E-state index contributed by atoms with van der Waals surface area (Å²) < 4.78 is 32.3. The predicted molar refractivity (Wildman–Crippen MR) is 96.6 cm³/mol. The Kier molecular flexibility index (Phi) is 6.19. The lowest BCUT2D eigenvalue weighted by Crippen LogP contribution is -2.23. The van der Waals surface area contributed by atoms with Crippen LogP contribution >= 0.6 is 0 Å². The van der Waals surface area contributed by atoms with E-state index in [1.807, 2.05) is 0 Å². The van der Waals surface area contributed by atoms with Crippen LogP contribution in [0.3, 0.4) is 0 Å². The van der Waals surface area contributed by atoms with Gasteiger partial charge < -0.3 is 4.74 Å². The molecule has 0 radical (unpaired) electrons. The first-order valence-electron chi connectivity index (χ1n) is 9.32. The van der Waals surface area contributed by atoms with E-state index in [0.717, 1.165) is 24.8 Å². The Balaban J connectivity index is 1.55. The number of fused-ring (bicyclic) bond motifs is 1. The number of rotatable bonds is 7. The molecule has 1 unspecified atom stereocenters. The number of hydrogen-bond acceptors (Lipinski definition) is 1. The van der Waals surface area contributed by atoms with Gasteiger partial charge in [0.05, 0.1) is 12.7 Å². The maximum absolute atomic E-state index is 13.3. The standard InChI is InChI=1S/C22H26F2O/c1-2-3-4-5-16-6-9-18-14-20(25-15-19(18)12-16)10-7-17-8-11-21(23)22(24)13-17/h6,8-9,11-13,20H,2-5,7,10,14-15H2,1H3. The molecule has 1 aliphatic rings. The van der Waals surface area contributed by atoms with Crippen molar-refractivity contribution in [3.8, 4) is 0 Å². The van der Waals surface area contributed by atoms with E-state index in [9.17, 15) is 8.78 Å². The highest BCUT2D eigenvalue weighted by atomic mass is 19.2. The molecule has 1 aliphatic heterocycles. The maximum atomic E-state index is 13.3. The first kappa shape index (κ1) is 18.1. The fraction of sp³-hybridized carbons (Fsp3) is 0.455. The highest BCUT2D eigenvalue weighted by Crippen LogP contribution is 2.25. The minimum Gasteiger partial charge on any atom is -0.373 e. The molecule has 0 aromatic heterocycles. The van der Waals surface area contributed by atoms with Crippen LogP contribution in [0.2, 0.25) is 0 Å². The van der Waals surface area contributed by atoms with Crippen molar-refractivity contribution in [3.63, 3.8) is 0 Å². The van der Waals surface area contributed by atoms with E-state index in [1.165, 1.54) is 48.1 Å². The Labute approximate surface area is 149 Å². The van der Waals surface area contributed by atoms with Crippen LogP contribution in [0.1, 0.15) is 54.9 Å². The molecule has 25 heavy (non-hydrogen) atoms. The maximum Gasteiger partial charge on any atom is 0.159 e. The summed E-state index contributed by atoms with van der Waals surface area (Å²) in [6.07, 6.45) is 7.47. The second kappa shape index (κ2) is 8.57. The van der Waals surface area contributed by atoms with Gasteiger partial charge in [0.1, 0.15) is 0 Å². The van der Waals surface area contributed by atoms with Crippen LogP contribution in [0, 0.1) is 11.6 Å². The molecule has 134 valence electrons. The van der Waals surface area contributed by atoms with Gasteiger partial charge in [-0.2, -0.15) is 0 Å². The van der Waals surface area contributed by atoms with Crippen LogP contribution < -0.4 is 0 Å². The molecule has 2 aromatic rings. The lowest BCUT2D eigenvalue weighted by atomic mass is 9.93. The van der Waals surface area contributed by atoms with Crippen molar-refractivity contribution in [2.24, 2.45) is 0 Å². The van der Waals surface area contributed by atoms with E-state index >= 15 is 0 Å². The quantitative estimate of drug-likeness (QED) is 0.579. The number of ether oxygens (including phenoxy) is 1. The fourth-order valence-corrected chi connectivity index (χ4v) is 3.47. The largest absolute Gasteiger partial charge is 0.373 e. The number of unbranched alkanes of at least 4 members (excludes halogenated alkanes) is 2. The third-order valence-corrected chi connectivity index (χ3v) is 5.00. The predicted octanol–water partition coefficient (Wildman–Crippen LogP) is 5.77. The molecule has 1 atom stereocenters. The average molecular weight is 344 g/mol. The van der Waals surface area contributed by atoms with Crippen LogP contribution in [-0.4, -0.2) is 6.10 Å². The van der Waals surface area contributed by atoms with Gasteiger partial charge >= 0.3 is 0 Å². The molecule has 1 nitrogen and oxygen atoms in total. The van der Waals surface area contributed by atoms with Crippen molar-refractivity contribution in [2.75, 3.05) is 0 Å². The van der Waals surface area contributed by atoms with Gasteiger partial charge in [0.25, 0.3) is 0 Å². The number of hydrogen-bond donors (Lipinski definition) is 0. The molecule has 0 aliphatic carbocycles. The molecule has 2 aromatic carbocycles. The molecular formula is C22H26F2O. The van der Waals surface area contributed by atoms with E-state index in [1.54, 1.807) is 6.07 Å². The monoisotopic (exact) mass is 344 g/mol. The van der Waals surface area contributed by atoms with Crippen LogP contribution in [0.15, 0.2) is 36.4 Å². The minimum absolute atomic E-state index is 0.145. The summed E-state index contributed by atoms with van der Waals surface area (Å²) in [5.41, 5.74) is 4.88. The van der Waals surface area contributed by atoms with E-state index in [0.29, 0.717) is 13.0 Å². The second-order valence-corrected chi connectivity index (χ2v) is 6.98. The van der Waals surface area contributed by atoms with Crippen molar-refractivity contribution in [1.29, 1.82) is 0 Å². The third-order valence-electron chi connectivity index (χ3n) is 5.00. The Morgan fingerprint density at radius 3 is 2.52 bits per heavy atom. The molecule has 3 rings (SSSR count). The lowest BCUT2D eigenvalue weighted by molar-refractivity contribution is 0.0234. The summed E-state index contributed by atoms with van der Waals surface area (Å²) in [4.78, 5) is 0. The Bertz CT molecular complexity index is 711. The van der Waals surface area contributed by atoms with E-state index in [4.69, 9.17) is 4.74 Å². The van der Waals surface area contributed by atoms with Crippen molar-refractivity contribution >= 4 is 0 Å². The first-order valence-corrected chi connectivity index (χ1v) is 9.32. The van der Waals surface area contributed by atoms with Crippen LogP contribution in [0.5, 0.6) is 0 Å². The summed E-state index contributed by atoms with van der Waals surface area (Å²) >= 11 is 0. The number of halogens is 2. The van der Waals surface area contributed by atoms with Crippen LogP contribution in [-0.2, 0) is 30.6 Å². The van der Waals surface area contributed by atoms with Gasteiger partial charge in [-0.05, 0) is 66.5 Å². The fourth-order valence-electron chi connectivity index (χ4n) is 3.47. The van der Waals surface area contributed by atoms with Crippen LogP contribution in [0.25, 0.3) is 0 Å². The van der Waals surface area contributed by atoms with Gasteiger partial charge in [0, 0.05) is 0 Å². The van der Waals surface area contributed by atoms with Gasteiger partial charge in [-0.25, -0.2) is 8.78 Å². The van der Waals surface area contributed by atoms with Crippen molar-refractivity contribution in [3.05, 3.63) is 70.3 Å². The number of benzene rings is 2. The topological polar surface area (TPSA) is 9.23 Å². The first-order chi connectivity index (χ1) is 12.2. The summed E-state index contributed by atoms with van der Waals surface area (Å²) in [6, 6.07) is 10.9. The van der Waals surface area contributed by atoms with Gasteiger partial charge in [-0.15, -0.1) is 0 Å². The lowest BCUT2D eigenvalue weighted by Gasteiger charge is -2.26. The number of aryl methyl sites for hydroxylation is 2. The van der Waals surface area contributed by atoms with Gasteiger partial charge in [-0.1, -0.05) is 44.0 Å². The van der Waals surface area contributed by atoms with Crippen LogP contribution in [0.4, 0.5) is 8.78 Å². The summed E-state index contributed by atoms with van der Waals surface area (Å²) in [6.45, 7) is 2.88. The SMILES string of the molecule is CCCCCc1ccc2c(c1)COC(CCc1ccc(F)c(F)c1)C2. The zero-order chi connectivity index (χ0) is 17.6. The Hall–Kier alpha value is -1.74. The highest BCUT2D eigenvalue weighted by Gasteiger charge is 2.19. The van der Waals surface area contributed by atoms with E-state index < -0.39 is 11.6 Å². The van der Waals surface area contributed by atoms with E-state index in [2.05, 4.69) is 25.1 Å². The summed E-state index contributed by atoms with van der Waals surface area (Å²) in [5, 5.41) is 0. The summed E-state index contributed by atoms with van der Waals surface area (Å²) in [5.74, 6) is -1.57. The second-order valence-electron chi connectivity index (χ2n) is 6.98. The van der Waals surface area contributed by atoms with Crippen molar-refractivity contribution in [2.45, 2.75) is 64.6 Å². The van der Waals surface area contributed by atoms with Gasteiger partial charge in [-0.3, -0.25) is 0 Å². The molecule has 0 bridgehead atoms. The molecule has 0 N–H and O–H groups in total. The Morgan fingerprint density at radius 1 is 0.920 bits per heavy atom. The minimum atomic E-state index is -0.790. The molecule has 0 fully saturated rings. The Morgan fingerprint density at radius 2 is 1.72 bits per heavy atom. The summed E-state index contributed by atoms with van der Waals surface area (Å²) in [7, 11) is 0. The van der Waals surface area contributed by atoms with E-state index in [-0.39, 0.29) is 6.10 Å². The molecule has 0 spiro atoms. The van der Waals surface area contributed by atoms with Crippen molar-refractivity contribution < 1.29 is 13.5 Å². The van der Waals surface area contributed by atoms with Gasteiger partial charge in [0.2, 0.25) is 0 Å². The zero-order valence-electron chi connectivity index (χ0n) is 14.9. The smallest absolute Gasteiger partial charge is 0.159 e. The normalized spacial score (nSPS) is 16.7. The van der Waals surface area contributed by atoms with Gasteiger partial charge in [0.15, 0.2) is 11.6 Å². The van der Waals surface area contributed by atoms with Crippen molar-refractivity contribution in [1.82, 2.24) is 0 Å². The highest BCUT2D eigenvalue weighted by molar-refractivity contribution is 5.33. The zero-order valence-corrected chi connectivity index (χ0v) is 14.9. The molecule has 3 heteroatoms. The average Bonchev–Trinajstić information content (AvgIpc) is 2.63. The molecule has 0 saturated carbocycles. The molecule has 1 heterocycles. The molecular weight excluding hydrogens is 318 g/mol. The third kappa shape index (κ3) is 4.88.